The second kappa shape index (κ2) is 55.0. The van der Waals surface area contributed by atoms with E-state index in [0.29, 0.717) is 103 Å². The fourth-order valence-corrected chi connectivity index (χ4v) is 17.8. The molecule has 714 valence electrons. The van der Waals surface area contributed by atoms with Gasteiger partial charge in [0.25, 0.3) is 0 Å². The smallest absolute Gasteiger partial charge is 0.535 e. The molecule has 1 unspecified atom stereocenters. The Morgan fingerprint density at radius 3 is 1.55 bits per heavy atom. The minimum absolute atomic E-state index is 0. The first-order chi connectivity index (χ1) is 61.1. The van der Waals surface area contributed by atoms with Crippen LogP contribution in [0.1, 0.15) is 235 Å². The molecule has 14 rings (SSSR count). The fourth-order valence-electron chi connectivity index (χ4n) is 17.5. The van der Waals surface area contributed by atoms with E-state index >= 15 is 0 Å². The van der Waals surface area contributed by atoms with Gasteiger partial charge in [-0.25, -0.2) is 14.4 Å². The number of nitrogens with two attached hydrogens (primary N) is 1. The molecule has 10 aliphatic rings. The van der Waals surface area contributed by atoms with Crippen LogP contribution in [0.4, 0.5) is 0 Å². The Morgan fingerprint density at radius 2 is 1.17 bits per heavy atom. The zero-order valence-corrected chi connectivity index (χ0v) is 83.3. The molecule has 0 radical (unpaired) electrons. The van der Waals surface area contributed by atoms with Crippen molar-refractivity contribution in [3.8, 4) is 23.3 Å². The largest absolute Gasteiger partial charge is 1.00 e. The zero-order chi connectivity index (χ0) is 97.4. The summed E-state index contributed by atoms with van der Waals surface area (Å²) in [5.74, 6) is -1.54. The average molecular weight is 1970 g/mol. The number of azide groups is 2. The molecule has 12 atom stereocenters. The molecule has 8 fully saturated rings. The number of benzene rings is 3. The van der Waals surface area contributed by atoms with Crippen molar-refractivity contribution >= 4 is 130 Å². The van der Waals surface area contributed by atoms with Crippen molar-refractivity contribution in [2.75, 3.05) is 45.7 Å². The molecule has 0 spiro atoms. The number of fused-ring (bicyclic) bond motifs is 1. The number of aromatic nitrogens is 3. The number of hydrogen-bond acceptors (Lipinski definition) is 26. The van der Waals surface area contributed by atoms with Gasteiger partial charge in [-0.2, -0.15) is 39.6 Å². The number of carbonyl (C=O) groups is 8. The summed E-state index contributed by atoms with van der Waals surface area (Å²) in [4.78, 5) is 101. The van der Waals surface area contributed by atoms with E-state index < -0.39 is 78.8 Å². The number of ketones is 3. The number of aliphatic carboxylic acids is 2. The molecule has 1 aromatic heterocycles. The van der Waals surface area contributed by atoms with Crippen LogP contribution in [0.15, 0.2) is 81.4 Å². The van der Waals surface area contributed by atoms with Crippen LogP contribution in [-0.4, -0.2) is 206 Å². The second-order valence-electron chi connectivity index (χ2n) is 35.7. The summed E-state index contributed by atoms with van der Waals surface area (Å²) in [6, 6.07) is 17.3. The van der Waals surface area contributed by atoms with Crippen LogP contribution in [0.2, 0.25) is 17.5 Å². The van der Waals surface area contributed by atoms with E-state index in [9.17, 15) is 48.5 Å². The van der Waals surface area contributed by atoms with Crippen LogP contribution >= 0.6 is 50.3 Å². The number of carboxylic acids is 3. The Bertz CT molecular complexity index is 4800. The van der Waals surface area contributed by atoms with E-state index in [1.807, 2.05) is 72.9 Å². The van der Waals surface area contributed by atoms with Crippen molar-refractivity contribution in [1.82, 2.24) is 15.0 Å². The van der Waals surface area contributed by atoms with Crippen molar-refractivity contribution in [1.29, 1.82) is 5.26 Å². The number of methoxy groups -OCH3 is 2. The molecule has 4 aromatic rings. The first-order valence-electron chi connectivity index (χ1n) is 42.7. The number of alkyl halides is 1. The van der Waals surface area contributed by atoms with E-state index in [1.165, 1.54) is 25.0 Å². The summed E-state index contributed by atoms with van der Waals surface area (Å²) in [5, 5.41) is 65.8. The predicted molar refractivity (Wildman–Crippen MR) is 500 cm³/mol. The molecular weight excluding hydrogens is 1850 g/mol. The Morgan fingerprint density at radius 1 is 0.720 bits per heavy atom. The van der Waals surface area contributed by atoms with E-state index in [-0.39, 0.29) is 170 Å². The number of halogens is 4. The fraction of sp³-hybridized carbons (Fsp3) is 0.647. The van der Waals surface area contributed by atoms with Crippen molar-refractivity contribution < 1.29 is 135 Å². The number of Topliss-reactive ketones (excluding diaryl/α,β-unsaturated/α-hetero) is 3. The van der Waals surface area contributed by atoms with Gasteiger partial charge in [-0.15, -0.1) is 9.78 Å². The third kappa shape index (κ3) is 34.5. The first kappa shape index (κ1) is 118. The molecule has 6 N–H and O–H groups in total. The molecule has 2 saturated heterocycles. The third-order valence-corrected chi connectivity index (χ3v) is 24.3. The molecule has 38 nitrogen and oxygen atoms in total. The van der Waals surface area contributed by atoms with Gasteiger partial charge in [0, 0.05) is 116 Å². The van der Waals surface area contributed by atoms with Crippen LogP contribution in [0.25, 0.3) is 36.9 Å². The predicted octanol–water partition coefficient (Wildman–Crippen LogP) is 14.1. The average Bonchev–Trinajstić information content (AvgIpc) is 1.42. The molecule has 5 heterocycles. The molecule has 4 aliphatic heterocycles. The van der Waals surface area contributed by atoms with Gasteiger partial charge in [0.2, 0.25) is 6.04 Å². The summed E-state index contributed by atoms with van der Waals surface area (Å²) < 4.78 is 58.2. The van der Waals surface area contributed by atoms with Gasteiger partial charge < -0.3 is 79.4 Å². The summed E-state index contributed by atoms with van der Waals surface area (Å²) in [6.45, 7) is 29.5. The van der Waals surface area contributed by atoms with Crippen molar-refractivity contribution in [2.24, 2.45) is 60.8 Å². The number of carbonyl (C=O) groups excluding carboxylic acids is 5. The second-order valence-corrected chi connectivity index (χ2v) is 38.5. The molecular formula is C85H123B4BrCl3N17NaO21+. The quantitative estimate of drug-likeness (QED) is 0.00562. The van der Waals surface area contributed by atoms with Crippen molar-refractivity contribution in [3.05, 3.63) is 137 Å². The van der Waals surface area contributed by atoms with E-state index in [4.69, 9.17) is 120 Å². The van der Waals surface area contributed by atoms with E-state index in [0.717, 1.165) is 48.9 Å². The monoisotopic (exact) mass is 1970 g/mol. The van der Waals surface area contributed by atoms with Gasteiger partial charge in [-0.1, -0.05) is 110 Å². The molecule has 132 heavy (non-hydrogen) atoms. The van der Waals surface area contributed by atoms with Crippen molar-refractivity contribution in [3.63, 3.8) is 0 Å². The van der Waals surface area contributed by atoms with E-state index in [1.54, 1.807) is 59.1 Å². The number of esters is 2. The number of aromatic carboxylic acids is 1. The zero-order valence-electron chi connectivity index (χ0n) is 77.5. The van der Waals surface area contributed by atoms with E-state index in [2.05, 4.69) is 98.2 Å². The number of nitrogens with zero attached hydrogens (tertiary/aromatic N) is 16. The molecule has 47 heteroatoms. The number of ether oxygens (including phenoxy) is 4. The van der Waals surface area contributed by atoms with Gasteiger partial charge in [-0.05, 0) is 187 Å². The van der Waals surface area contributed by atoms with Crippen LogP contribution in [0.3, 0.4) is 0 Å². The minimum atomic E-state index is -1.22. The number of hydrogen-bond donors (Lipinski definition) is 5. The summed E-state index contributed by atoms with van der Waals surface area (Å²) in [7, 11) is 0.764. The molecule has 0 amide bonds. The Balaban J connectivity index is 0.000000456. The molecule has 6 aliphatic carbocycles. The summed E-state index contributed by atoms with van der Waals surface area (Å²) in [6.07, 6.45) is 11.4. The number of rotatable bonds is 33. The third-order valence-electron chi connectivity index (χ3n) is 23.9. The van der Waals surface area contributed by atoms with Crippen LogP contribution in [-0.2, 0) is 84.3 Å². The Hall–Kier alpha value is -8.38. The summed E-state index contributed by atoms with van der Waals surface area (Å²) in [5.41, 5.74) is 37.5. The van der Waals surface area contributed by atoms with Gasteiger partial charge in [-0.3, -0.25) is 33.6 Å². The topological polar surface area (TPSA) is 565 Å². The number of carboxylic acid groups (broad SMARTS) is 3. The minimum Gasteiger partial charge on any atom is -0.535 e. The van der Waals surface area contributed by atoms with Gasteiger partial charge >= 0.3 is 85.7 Å². The Kier molecular flexibility index (Phi) is 49.1. The normalized spacial score (nSPS) is 21.9. The van der Waals surface area contributed by atoms with Gasteiger partial charge in [0.1, 0.15) is 74.9 Å². The Labute approximate surface area is 817 Å². The SMILES string of the molecule is C.CC#N.CCc1cn(CCC(=O)C[C@@H](Cc2cccc(C(=O)OC(C)(C)C)c2OC)B2O[C@@H]3C[C@@H]4C[C@@H](C4(C)C)[C@]3(C)O2)nn1.COc1c(C[C@H](CC(=O)CCN=[N+]=[N-])B2O[C@@H]3C[C@@H]4C[C@@H](C4(C)C)[C@]3(C)O2)cccc1C(=O)OC(C)(C)C.ClB(Cl)Cl.NCC1C=[N+](CCC(=O)C[C@H]2Cc3cccc(C(=O)O)c3OB2O)N=N1.O=C(O)CCBr.[N-]=[N+]=NCCC(=O)O.[N-]=[N+]=[N-].[Na+]. The van der Waals surface area contributed by atoms with Crippen LogP contribution < -0.4 is 49.4 Å². The van der Waals surface area contributed by atoms with Crippen LogP contribution in [0, 0.1) is 45.8 Å². The number of para-hydroxylation sites is 3. The number of aryl methyl sites for hydroxylation is 2. The first-order valence-corrected chi connectivity index (χ1v) is 45.1. The standard InChI is InChI=1S/C32H46BN3O6.C28H40BN3O6.C16H19BN4O5.C3H5BrO2.C3H5N3O2.C2H3N.CH4.BCl3.N3.Na/c1-9-23-19-36(35-34-23)14-13-24(37)18-22(33-41-27-17-21-16-26(31(21,5)6)32(27,7)42-33)15-20-11-10-12-25(28(20)39-8)29(38)40-30(2,3)4;1-26(2,3)36-25(34)21-10-8-9-17(24(21)35-7)13-19(16-20(33)11-12-31-32-30)29-37-23-15-18-14-22(27(18,4)5)28(23,6)38-29;18-8-12-9-21(20-19-12)5-4-13(22)7-11-6-10-2-1-3-14(16(23)24)15(10)26-17(11)25;4-2-1-3(5)6;4-6-5-2-1-3(7)8;1-2-3;;2-1(3)4;1-3-2;/h10-12,19,21-22,26-27H,9,13-18H2,1-8H3;8-10,18-19,22-23H,11-16H2,1-7H3;1-3,9,11-12,25H,4-8,18H2;1-2H2,(H,5,6);1-2H2,(H,7,8);1H3;1H4;;;/q;;;;;;;;-1;+1/p+1/t21-,22+,26-,27+,32-;18-,19+,22-,23+,28-;11-,12?;;;;;;;/m001......./s1. The van der Waals surface area contributed by atoms with Crippen LogP contribution in [0.5, 0.6) is 17.2 Å². The van der Waals surface area contributed by atoms with Crippen molar-refractivity contribution in [2.45, 2.75) is 272 Å². The summed E-state index contributed by atoms with van der Waals surface area (Å²) >= 11 is 17.4. The van der Waals surface area contributed by atoms with Gasteiger partial charge in [0.15, 0.2) is 0 Å². The maximum Gasteiger partial charge on any atom is 1.00 e. The van der Waals surface area contributed by atoms with Gasteiger partial charge in [0.05, 0.1) is 67.8 Å². The maximum absolute atomic E-state index is 13.4. The molecule has 6 saturated carbocycles. The number of nitriles is 1. The molecule has 4 bridgehead atoms. The maximum atomic E-state index is 13.4. The molecule has 3 aromatic carbocycles.